The van der Waals surface area contributed by atoms with Gasteiger partial charge in [0.15, 0.2) is 0 Å². The number of aliphatic carboxylic acids is 1. The fourth-order valence-corrected chi connectivity index (χ4v) is 4.42. The summed E-state index contributed by atoms with van der Waals surface area (Å²) in [5, 5.41) is 31.2. The van der Waals surface area contributed by atoms with E-state index in [2.05, 4.69) is 5.32 Å². The van der Waals surface area contributed by atoms with Crippen LogP contribution in [0.3, 0.4) is 0 Å². The van der Waals surface area contributed by atoms with E-state index in [0.717, 1.165) is 24.9 Å². The van der Waals surface area contributed by atoms with E-state index in [9.17, 15) is 14.3 Å². The van der Waals surface area contributed by atoms with Gasteiger partial charge in [0.2, 0.25) is 0 Å². The van der Waals surface area contributed by atoms with Crippen LogP contribution in [0.4, 0.5) is 4.39 Å². The fourth-order valence-electron chi connectivity index (χ4n) is 4.42. The van der Waals surface area contributed by atoms with Crippen LogP contribution in [0.25, 0.3) is 0 Å². The van der Waals surface area contributed by atoms with Gasteiger partial charge in [0, 0.05) is 11.6 Å². The van der Waals surface area contributed by atoms with Crippen LogP contribution in [0.15, 0.2) is 12.1 Å². The van der Waals surface area contributed by atoms with Gasteiger partial charge in [-0.1, -0.05) is 6.42 Å². The van der Waals surface area contributed by atoms with Crippen LogP contribution in [0.1, 0.15) is 55.3 Å². The van der Waals surface area contributed by atoms with Crippen LogP contribution in [-0.2, 0) is 16.6 Å². The second-order valence-electron chi connectivity index (χ2n) is 7.50. The molecule has 2 aliphatic rings. The molecule has 1 aliphatic carbocycles. The van der Waals surface area contributed by atoms with Gasteiger partial charge in [0.05, 0.1) is 5.41 Å². The molecule has 1 fully saturated rings. The van der Waals surface area contributed by atoms with E-state index in [1.807, 2.05) is 0 Å². The summed E-state index contributed by atoms with van der Waals surface area (Å²) >= 11 is 0. The van der Waals surface area contributed by atoms with Crippen molar-refractivity contribution < 1.29 is 24.3 Å². The first-order valence-corrected chi connectivity index (χ1v) is 8.99. The number of carbonyl (C=O) groups is 1. The third kappa shape index (κ3) is 3.33. The van der Waals surface area contributed by atoms with E-state index in [4.69, 9.17) is 10.0 Å². The largest absolute Gasteiger partial charge is 0.481 e. The summed E-state index contributed by atoms with van der Waals surface area (Å²) in [5.41, 5.74) is 0.963. The van der Waals surface area contributed by atoms with Crippen LogP contribution in [0.5, 0.6) is 0 Å². The van der Waals surface area contributed by atoms with Crippen molar-refractivity contribution in [1.29, 1.82) is 0 Å². The van der Waals surface area contributed by atoms with E-state index < -0.39 is 18.5 Å². The van der Waals surface area contributed by atoms with Crippen molar-refractivity contribution in [2.75, 3.05) is 6.54 Å². The number of carboxylic acid groups (broad SMARTS) is 1. The first kappa shape index (κ1) is 18.4. The molecule has 25 heavy (non-hydrogen) atoms. The Labute approximate surface area is 147 Å². The zero-order valence-corrected chi connectivity index (χ0v) is 14.5. The molecule has 1 aromatic rings. The number of carboxylic acids is 1. The van der Waals surface area contributed by atoms with Crippen molar-refractivity contribution in [2.45, 2.75) is 56.8 Å². The third-order valence-corrected chi connectivity index (χ3v) is 5.96. The average Bonchev–Trinajstić information content (AvgIpc) is 3.14. The number of hydrogen-bond acceptors (Lipinski definition) is 4. The monoisotopic (exact) mass is 349 g/mol. The fraction of sp³-hybridized carbons (Fsp3) is 0.611. The topological polar surface area (TPSA) is 89.8 Å². The normalized spacial score (nSPS) is 28.2. The number of fused-ring (bicyclic) bond motifs is 1. The van der Waals surface area contributed by atoms with Gasteiger partial charge in [-0.25, -0.2) is 4.39 Å². The Hall–Kier alpha value is -1.44. The number of nitrogens with one attached hydrogen (secondary N) is 1. The summed E-state index contributed by atoms with van der Waals surface area (Å²) < 4.78 is 14.6. The molecule has 3 atom stereocenters. The molecule has 136 valence electrons. The highest BCUT2D eigenvalue weighted by atomic mass is 19.1. The highest BCUT2D eigenvalue weighted by Crippen LogP contribution is 2.47. The molecule has 0 radical (unpaired) electrons. The van der Waals surface area contributed by atoms with Crippen molar-refractivity contribution in [3.05, 3.63) is 34.6 Å². The maximum absolute atomic E-state index is 14.6. The molecule has 0 aromatic heterocycles. The molecule has 7 heteroatoms. The van der Waals surface area contributed by atoms with Crippen molar-refractivity contribution in [2.24, 2.45) is 5.92 Å². The number of halogens is 1. The van der Waals surface area contributed by atoms with Crippen molar-refractivity contribution >= 4 is 13.1 Å². The minimum atomic E-state index is -1.38. The molecule has 1 aromatic carbocycles. The Morgan fingerprint density at radius 2 is 2.20 bits per heavy atom. The number of rotatable bonds is 6. The molecule has 1 heterocycles. The highest BCUT2D eigenvalue weighted by Gasteiger charge is 2.49. The quantitative estimate of drug-likeness (QED) is 0.590. The van der Waals surface area contributed by atoms with Crippen molar-refractivity contribution in [3.63, 3.8) is 0 Å². The van der Waals surface area contributed by atoms with Crippen LogP contribution in [0.2, 0.25) is 6.32 Å². The zero-order valence-electron chi connectivity index (χ0n) is 14.5. The Kier molecular flexibility index (Phi) is 5.18. The molecule has 1 saturated heterocycles. The lowest BCUT2D eigenvalue weighted by Gasteiger charge is -2.29. The minimum absolute atomic E-state index is 0.0491. The van der Waals surface area contributed by atoms with Crippen LogP contribution in [0, 0.1) is 11.7 Å². The van der Waals surface area contributed by atoms with Gasteiger partial charge in [-0.2, -0.15) is 0 Å². The molecule has 0 spiro atoms. The SMILES string of the molecule is C[C@@]1(C(=O)O)c2cc([C@H]3CCCN3)c(F)cc2C[C@@H]1CCCB(O)O. The lowest BCUT2D eigenvalue weighted by Crippen LogP contribution is -2.37. The summed E-state index contributed by atoms with van der Waals surface area (Å²) in [4.78, 5) is 12.1. The highest BCUT2D eigenvalue weighted by molar-refractivity contribution is 6.40. The molecule has 5 nitrogen and oxygen atoms in total. The maximum atomic E-state index is 14.6. The van der Waals surface area contributed by atoms with Gasteiger partial charge in [-0.05, 0) is 74.6 Å². The van der Waals surface area contributed by atoms with Gasteiger partial charge in [0.25, 0.3) is 0 Å². The summed E-state index contributed by atoms with van der Waals surface area (Å²) in [7, 11) is -1.38. The second kappa shape index (κ2) is 7.06. The lowest BCUT2D eigenvalue weighted by atomic mass is 9.72. The van der Waals surface area contributed by atoms with Gasteiger partial charge in [0.1, 0.15) is 5.82 Å². The van der Waals surface area contributed by atoms with E-state index in [1.165, 1.54) is 6.07 Å². The molecule has 3 rings (SSSR count). The van der Waals surface area contributed by atoms with Gasteiger partial charge >= 0.3 is 13.1 Å². The van der Waals surface area contributed by atoms with E-state index >= 15 is 0 Å². The lowest BCUT2D eigenvalue weighted by molar-refractivity contribution is -0.145. The van der Waals surface area contributed by atoms with E-state index in [-0.39, 0.29) is 24.1 Å². The minimum Gasteiger partial charge on any atom is -0.481 e. The summed E-state index contributed by atoms with van der Waals surface area (Å²) in [6.07, 6.45) is 3.66. The first-order valence-electron chi connectivity index (χ1n) is 8.99. The van der Waals surface area contributed by atoms with Crippen molar-refractivity contribution in [1.82, 2.24) is 5.32 Å². The first-order chi connectivity index (χ1) is 11.8. The molecule has 1 aliphatic heterocycles. The summed E-state index contributed by atoms with van der Waals surface area (Å²) in [5.74, 6) is -1.35. The molecule has 0 amide bonds. The molecule has 0 bridgehead atoms. The molecule has 0 unspecified atom stereocenters. The van der Waals surface area contributed by atoms with Gasteiger partial charge in [-0.3, -0.25) is 4.79 Å². The maximum Gasteiger partial charge on any atom is 0.451 e. The number of hydrogen-bond donors (Lipinski definition) is 4. The van der Waals surface area contributed by atoms with Crippen LogP contribution >= 0.6 is 0 Å². The standard InChI is InChI=1S/C18H25BFNO4/c1-18(17(22)23)12(4-2-6-19(24)25)8-11-9-15(20)13(10-14(11)18)16-5-3-7-21-16/h9-10,12,16,21,24-25H,2-8H2,1H3,(H,22,23)/t12-,16+,18-/m0/s1. The number of benzene rings is 1. The van der Waals surface area contributed by atoms with E-state index in [1.54, 1.807) is 13.0 Å². The van der Waals surface area contributed by atoms with Gasteiger partial charge < -0.3 is 20.5 Å². The van der Waals surface area contributed by atoms with Crippen LogP contribution < -0.4 is 5.32 Å². The molecule has 0 saturated carbocycles. The third-order valence-electron chi connectivity index (χ3n) is 5.96. The summed E-state index contributed by atoms with van der Waals surface area (Å²) in [6, 6.07) is 3.21. The van der Waals surface area contributed by atoms with Crippen molar-refractivity contribution in [3.8, 4) is 0 Å². The smallest absolute Gasteiger partial charge is 0.451 e. The Morgan fingerprint density at radius 3 is 2.80 bits per heavy atom. The predicted octanol–water partition coefficient (Wildman–Crippen LogP) is 2.02. The Bertz CT molecular complexity index is 663. The Balaban J connectivity index is 1.92. The molecule has 4 N–H and O–H groups in total. The average molecular weight is 349 g/mol. The zero-order chi connectivity index (χ0) is 18.2. The molecular formula is C18H25BFNO4. The second-order valence-corrected chi connectivity index (χ2v) is 7.50. The molecular weight excluding hydrogens is 324 g/mol. The van der Waals surface area contributed by atoms with Crippen LogP contribution in [-0.4, -0.2) is 34.8 Å². The summed E-state index contributed by atoms with van der Waals surface area (Å²) in [6.45, 7) is 2.56. The predicted molar refractivity (Wildman–Crippen MR) is 92.8 cm³/mol. The Morgan fingerprint density at radius 1 is 1.44 bits per heavy atom. The van der Waals surface area contributed by atoms with Gasteiger partial charge in [-0.15, -0.1) is 0 Å². The van der Waals surface area contributed by atoms with E-state index in [0.29, 0.717) is 30.4 Å².